The van der Waals surface area contributed by atoms with Gasteiger partial charge in [0, 0.05) is 12.7 Å². The zero-order valence-corrected chi connectivity index (χ0v) is 8.46. The number of rotatable bonds is 3. The fourth-order valence-corrected chi connectivity index (χ4v) is 1.77. The van der Waals surface area contributed by atoms with Crippen molar-refractivity contribution in [1.82, 2.24) is 9.78 Å². The Hall–Kier alpha value is -0.700. The monoisotopic (exact) mass is 199 g/mol. The SMILES string of the molecule is CC(Cn1cc(Cl)c(N)n1)C1CC1. The van der Waals surface area contributed by atoms with Crippen molar-refractivity contribution >= 4 is 17.4 Å². The molecule has 1 aromatic heterocycles. The van der Waals surface area contributed by atoms with Crippen LogP contribution in [0.25, 0.3) is 0 Å². The van der Waals surface area contributed by atoms with Crippen LogP contribution in [0.2, 0.25) is 5.02 Å². The Kier molecular flexibility index (Phi) is 2.20. The van der Waals surface area contributed by atoms with E-state index in [0.29, 0.717) is 16.8 Å². The minimum atomic E-state index is 0.435. The molecule has 0 saturated heterocycles. The molecule has 1 aliphatic carbocycles. The van der Waals surface area contributed by atoms with Gasteiger partial charge in [0.15, 0.2) is 5.82 Å². The lowest BCUT2D eigenvalue weighted by molar-refractivity contribution is 0.407. The highest BCUT2D eigenvalue weighted by Crippen LogP contribution is 2.37. The number of anilines is 1. The molecule has 13 heavy (non-hydrogen) atoms. The topological polar surface area (TPSA) is 43.8 Å². The predicted octanol–water partition coefficient (Wildman–Crippen LogP) is 2.16. The normalized spacial score (nSPS) is 18.9. The summed E-state index contributed by atoms with van der Waals surface area (Å²) >= 11 is 5.80. The summed E-state index contributed by atoms with van der Waals surface area (Å²) in [6.45, 7) is 3.19. The fraction of sp³-hybridized carbons (Fsp3) is 0.667. The van der Waals surface area contributed by atoms with E-state index < -0.39 is 0 Å². The summed E-state index contributed by atoms with van der Waals surface area (Å²) in [7, 11) is 0. The van der Waals surface area contributed by atoms with Crippen molar-refractivity contribution < 1.29 is 0 Å². The van der Waals surface area contributed by atoms with Crippen LogP contribution in [0.15, 0.2) is 6.20 Å². The molecule has 1 aromatic rings. The summed E-state index contributed by atoms with van der Waals surface area (Å²) in [6.07, 6.45) is 4.53. The van der Waals surface area contributed by atoms with E-state index in [2.05, 4.69) is 12.0 Å². The van der Waals surface area contributed by atoms with Crippen LogP contribution in [0.5, 0.6) is 0 Å². The first-order chi connectivity index (χ1) is 6.16. The van der Waals surface area contributed by atoms with Crippen LogP contribution in [0.4, 0.5) is 5.82 Å². The maximum Gasteiger partial charge on any atom is 0.164 e. The molecule has 1 atom stereocenters. The van der Waals surface area contributed by atoms with Crippen LogP contribution < -0.4 is 5.73 Å². The summed E-state index contributed by atoms with van der Waals surface area (Å²) in [6, 6.07) is 0. The molecule has 2 N–H and O–H groups in total. The van der Waals surface area contributed by atoms with Gasteiger partial charge < -0.3 is 5.73 Å². The maximum absolute atomic E-state index is 5.80. The average molecular weight is 200 g/mol. The summed E-state index contributed by atoms with van der Waals surface area (Å²) in [5, 5.41) is 4.68. The van der Waals surface area contributed by atoms with Gasteiger partial charge in [-0.05, 0) is 24.7 Å². The summed E-state index contributed by atoms with van der Waals surface area (Å²) in [4.78, 5) is 0. The number of nitrogens with two attached hydrogens (primary N) is 1. The number of hydrogen-bond donors (Lipinski definition) is 1. The minimum Gasteiger partial charge on any atom is -0.381 e. The van der Waals surface area contributed by atoms with Crippen molar-refractivity contribution in [3.63, 3.8) is 0 Å². The first-order valence-electron chi connectivity index (χ1n) is 4.65. The van der Waals surface area contributed by atoms with E-state index >= 15 is 0 Å². The summed E-state index contributed by atoms with van der Waals surface area (Å²) < 4.78 is 1.85. The molecule has 0 bridgehead atoms. The molecule has 3 nitrogen and oxygen atoms in total. The zero-order chi connectivity index (χ0) is 9.42. The second-order valence-corrected chi connectivity index (χ2v) is 4.31. The number of nitrogen functional groups attached to an aromatic ring is 1. The van der Waals surface area contributed by atoms with E-state index in [0.717, 1.165) is 12.5 Å². The lowest BCUT2D eigenvalue weighted by Gasteiger charge is -2.08. The third-order valence-corrected chi connectivity index (χ3v) is 2.94. The largest absolute Gasteiger partial charge is 0.381 e. The molecule has 4 heteroatoms. The van der Waals surface area contributed by atoms with E-state index in [-0.39, 0.29) is 0 Å². The van der Waals surface area contributed by atoms with Gasteiger partial charge in [0.25, 0.3) is 0 Å². The van der Waals surface area contributed by atoms with Crippen LogP contribution in [0.3, 0.4) is 0 Å². The average Bonchev–Trinajstić information content (AvgIpc) is 2.81. The van der Waals surface area contributed by atoms with Crippen molar-refractivity contribution in [2.24, 2.45) is 11.8 Å². The van der Waals surface area contributed by atoms with Crippen molar-refractivity contribution in [2.75, 3.05) is 5.73 Å². The number of halogens is 1. The summed E-state index contributed by atoms with van der Waals surface area (Å²) in [5.41, 5.74) is 5.54. The predicted molar refractivity (Wildman–Crippen MR) is 53.5 cm³/mol. The molecule has 72 valence electrons. The molecule has 1 aliphatic rings. The van der Waals surface area contributed by atoms with Gasteiger partial charge in [-0.25, -0.2) is 0 Å². The number of nitrogens with zero attached hydrogens (tertiary/aromatic N) is 2. The molecule has 2 rings (SSSR count). The first-order valence-corrected chi connectivity index (χ1v) is 5.03. The van der Waals surface area contributed by atoms with Gasteiger partial charge in [0.05, 0.1) is 0 Å². The second kappa shape index (κ2) is 3.22. The smallest absolute Gasteiger partial charge is 0.164 e. The number of aromatic nitrogens is 2. The Bertz CT molecular complexity index is 284. The fourth-order valence-electron chi connectivity index (χ4n) is 1.61. The van der Waals surface area contributed by atoms with Crippen LogP contribution in [0, 0.1) is 11.8 Å². The molecule has 0 radical (unpaired) electrons. The van der Waals surface area contributed by atoms with E-state index in [9.17, 15) is 0 Å². The molecular weight excluding hydrogens is 186 g/mol. The molecular formula is C9H14ClN3. The highest BCUT2D eigenvalue weighted by molar-refractivity contribution is 6.32. The molecule has 0 aliphatic heterocycles. The third-order valence-electron chi connectivity index (χ3n) is 2.65. The molecule has 0 amide bonds. The van der Waals surface area contributed by atoms with Gasteiger partial charge in [0.1, 0.15) is 5.02 Å². The van der Waals surface area contributed by atoms with E-state index in [1.165, 1.54) is 12.8 Å². The van der Waals surface area contributed by atoms with Gasteiger partial charge in [0.2, 0.25) is 0 Å². The van der Waals surface area contributed by atoms with Crippen molar-refractivity contribution in [3.8, 4) is 0 Å². The highest BCUT2D eigenvalue weighted by Gasteiger charge is 2.28. The van der Waals surface area contributed by atoms with E-state index in [1.54, 1.807) is 6.20 Å². The van der Waals surface area contributed by atoms with Crippen molar-refractivity contribution in [1.29, 1.82) is 0 Å². The quantitative estimate of drug-likeness (QED) is 0.811. The maximum atomic E-state index is 5.80. The Morgan fingerprint density at radius 1 is 1.77 bits per heavy atom. The van der Waals surface area contributed by atoms with Gasteiger partial charge in [-0.3, -0.25) is 4.68 Å². The zero-order valence-electron chi connectivity index (χ0n) is 7.70. The van der Waals surface area contributed by atoms with Gasteiger partial charge in [-0.2, -0.15) is 5.10 Å². The lowest BCUT2D eigenvalue weighted by atomic mass is 10.1. The Labute approximate surface area is 82.9 Å². The molecule has 1 heterocycles. The van der Waals surface area contributed by atoms with Gasteiger partial charge in [-0.1, -0.05) is 18.5 Å². The standard InChI is InChI=1S/C9H14ClN3/c1-6(7-2-3-7)4-13-5-8(10)9(11)12-13/h5-7H,2-4H2,1H3,(H2,11,12). The van der Waals surface area contributed by atoms with Crippen LogP contribution in [-0.2, 0) is 6.54 Å². The van der Waals surface area contributed by atoms with Crippen molar-refractivity contribution in [2.45, 2.75) is 26.3 Å². The Morgan fingerprint density at radius 2 is 2.46 bits per heavy atom. The lowest BCUT2D eigenvalue weighted by Crippen LogP contribution is -2.09. The molecule has 1 fully saturated rings. The summed E-state index contributed by atoms with van der Waals surface area (Å²) in [5.74, 6) is 2.02. The third kappa shape index (κ3) is 1.97. The van der Waals surface area contributed by atoms with Crippen molar-refractivity contribution in [3.05, 3.63) is 11.2 Å². The van der Waals surface area contributed by atoms with E-state index in [4.69, 9.17) is 17.3 Å². The van der Waals surface area contributed by atoms with Crippen LogP contribution in [-0.4, -0.2) is 9.78 Å². The van der Waals surface area contributed by atoms with Crippen LogP contribution >= 0.6 is 11.6 Å². The molecule has 1 unspecified atom stereocenters. The van der Waals surface area contributed by atoms with E-state index in [1.807, 2.05) is 4.68 Å². The van der Waals surface area contributed by atoms with Gasteiger partial charge in [-0.15, -0.1) is 0 Å². The Balaban J connectivity index is 2.00. The molecule has 0 spiro atoms. The van der Waals surface area contributed by atoms with Crippen LogP contribution in [0.1, 0.15) is 19.8 Å². The minimum absolute atomic E-state index is 0.435. The number of hydrogen-bond acceptors (Lipinski definition) is 2. The Morgan fingerprint density at radius 3 is 2.92 bits per heavy atom. The first kappa shape index (κ1) is 8.88. The second-order valence-electron chi connectivity index (χ2n) is 3.90. The molecule has 0 aromatic carbocycles. The highest BCUT2D eigenvalue weighted by atomic mass is 35.5. The van der Waals surface area contributed by atoms with Gasteiger partial charge >= 0.3 is 0 Å². The molecule has 1 saturated carbocycles.